The van der Waals surface area contributed by atoms with Crippen molar-refractivity contribution in [3.05, 3.63) is 65.9 Å². The van der Waals surface area contributed by atoms with Gasteiger partial charge in [-0.15, -0.1) is 0 Å². The van der Waals surface area contributed by atoms with Crippen LogP contribution in [0.25, 0.3) is 11.0 Å². The number of benzene rings is 2. The lowest BCUT2D eigenvalue weighted by Gasteiger charge is -2.19. The molecule has 4 rings (SSSR count). The lowest BCUT2D eigenvalue weighted by molar-refractivity contribution is -0.119. The number of aryl methyl sites for hydroxylation is 2. The predicted molar refractivity (Wildman–Crippen MR) is 114 cm³/mol. The Kier molecular flexibility index (Phi) is 5.65. The number of anilines is 1. The topological polar surface area (TPSA) is 45.5 Å². The van der Waals surface area contributed by atoms with Crippen LogP contribution in [0.3, 0.4) is 0 Å². The second-order valence-corrected chi connectivity index (χ2v) is 7.73. The first-order valence-electron chi connectivity index (χ1n) is 10.3. The van der Waals surface area contributed by atoms with E-state index in [9.17, 15) is 4.79 Å². The minimum Gasteiger partial charge on any atom is -0.461 e. The van der Waals surface area contributed by atoms with Crippen LogP contribution in [0.4, 0.5) is 5.69 Å². The number of fused-ring (bicyclic) bond motifs is 1. The zero-order valence-electron chi connectivity index (χ0n) is 16.5. The van der Waals surface area contributed by atoms with Crippen molar-refractivity contribution in [2.75, 3.05) is 18.0 Å². The average Bonchev–Trinajstić information content (AvgIpc) is 3.32. The van der Waals surface area contributed by atoms with E-state index in [1.165, 1.54) is 23.1 Å². The number of rotatable bonds is 7. The molecule has 4 nitrogen and oxygen atoms in total. The van der Waals surface area contributed by atoms with Crippen LogP contribution in [0.2, 0.25) is 0 Å². The van der Waals surface area contributed by atoms with Crippen LogP contribution in [-0.4, -0.2) is 25.0 Å². The Morgan fingerprint density at radius 2 is 1.93 bits per heavy atom. The molecule has 28 heavy (non-hydrogen) atoms. The molecule has 0 bridgehead atoms. The van der Waals surface area contributed by atoms with E-state index in [1.807, 2.05) is 6.07 Å². The Labute approximate surface area is 166 Å². The molecule has 2 aromatic carbocycles. The van der Waals surface area contributed by atoms with E-state index in [1.54, 1.807) is 6.92 Å². The maximum absolute atomic E-state index is 11.3. The Bertz CT molecular complexity index is 932. The molecule has 1 atom stereocenters. The molecule has 0 radical (unpaired) electrons. The van der Waals surface area contributed by atoms with E-state index in [2.05, 4.69) is 58.7 Å². The molecule has 146 valence electrons. The fraction of sp³-hybridized carbons (Fsp3) is 0.375. The van der Waals surface area contributed by atoms with Gasteiger partial charge >= 0.3 is 0 Å². The molecule has 2 heterocycles. The predicted octanol–water partition coefficient (Wildman–Crippen LogP) is 4.71. The van der Waals surface area contributed by atoms with Gasteiger partial charge in [0.05, 0.1) is 0 Å². The van der Waals surface area contributed by atoms with Crippen LogP contribution < -0.4 is 10.2 Å². The fourth-order valence-electron chi connectivity index (χ4n) is 4.15. The van der Waals surface area contributed by atoms with Gasteiger partial charge in [-0.2, -0.15) is 0 Å². The largest absolute Gasteiger partial charge is 0.461 e. The van der Waals surface area contributed by atoms with Crippen molar-refractivity contribution >= 4 is 22.6 Å². The Morgan fingerprint density at radius 1 is 1.11 bits per heavy atom. The van der Waals surface area contributed by atoms with Crippen molar-refractivity contribution in [3.8, 4) is 0 Å². The third-order valence-corrected chi connectivity index (χ3v) is 5.51. The van der Waals surface area contributed by atoms with E-state index < -0.39 is 0 Å². The van der Waals surface area contributed by atoms with Crippen LogP contribution in [0.5, 0.6) is 0 Å². The molecule has 1 N–H and O–H groups in total. The molecule has 0 saturated carbocycles. The molecule has 1 fully saturated rings. The summed E-state index contributed by atoms with van der Waals surface area (Å²) in [6.45, 7) is 3.40. The number of nitrogens with one attached hydrogen (secondary N) is 1. The van der Waals surface area contributed by atoms with E-state index in [0.717, 1.165) is 50.1 Å². The average molecular weight is 377 g/mol. The summed E-state index contributed by atoms with van der Waals surface area (Å²) >= 11 is 0. The zero-order valence-corrected chi connectivity index (χ0v) is 16.5. The van der Waals surface area contributed by atoms with Crippen molar-refractivity contribution in [2.24, 2.45) is 0 Å². The molecule has 1 aliphatic heterocycles. The van der Waals surface area contributed by atoms with Gasteiger partial charge in [0, 0.05) is 43.5 Å². The Hall–Kier alpha value is -2.75. The quantitative estimate of drug-likeness (QED) is 0.607. The van der Waals surface area contributed by atoms with Crippen LogP contribution in [0.1, 0.15) is 37.5 Å². The van der Waals surface area contributed by atoms with Gasteiger partial charge in [0.25, 0.3) is 0 Å². The normalized spacial score (nSPS) is 16.6. The number of carbonyl (C=O) groups excluding carboxylic acids is 1. The molecular weight excluding hydrogens is 348 g/mol. The van der Waals surface area contributed by atoms with Crippen molar-refractivity contribution in [1.82, 2.24) is 5.32 Å². The highest BCUT2D eigenvalue weighted by Gasteiger charge is 2.24. The minimum atomic E-state index is 0.0474. The van der Waals surface area contributed by atoms with Crippen molar-refractivity contribution in [2.45, 2.75) is 45.1 Å². The number of carbonyl (C=O) groups is 1. The van der Waals surface area contributed by atoms with Crippen LogP contribution in [0, 0.1) is 0 Å². The first-order chi connectivity index (χ1) is 13.7. The number of unbranched alkanes of at least 4 members (excludes halogenated alkanes) is 1. The van der Waals surface area contributed by atoms with E-state index in [0.29, 0.717) is 0 Å². The lowest BCUT2D eigenvalue weighted by atomic mass is 10.1. The van der Waals surface area contributed by atoms with Gasteiger partial charge in [-0.1, -0.05) is 36.4 Å². The third-order valence-electron chi connectivity index (χ3n) is 5.51. The maximum atomic E-state index is 11.3. The highest BCUT2D eigenvalue weighted by atomic mass is 16.3. The number of amides is 1. The first kappa shape index (κ1) is 18.6. The van der Waals surface area contributed by atoms with Gasteiger partial charge < -0.3 is 14.6 Å². The molecular formula is C24H28N2O2. The molecule has 4 heteroatoms. The lowest BCUT2D eigenvalue weighted by Crippen LogP contribution is -2.35. The van der Waals surface area contributed by atoms with E-state index in [-0.39, 0.29) is 11.9 Å². The summed E-state index contributed by atoms with van der Waals surface area (Å²) in [5, 5.41) is 4.22. The smallest absolute Gasteiger partial charge is 0.217 e. The van der Waals surface area contributed by atoms with E-state index in [4.69, 9.17) is 4.42 Å². The zero-order chi connectivity index (χ0) is 19.3. The van der Waals surface area contributed by atoms with Crippen LogP contribution >= 0.6 is 0 Å². The van der Waals surface area contributed by atoms with Crippen LogP contribution in [-0.2, 0) is 17.6 Å². The monoisotopic (exact) mass is 376 g/mol. The molecule has 0 spiro atoms. The molecule has 1 aliphatic rings. The number of hydrogen-bond donors (Lipinski definition) is 1. The summed E-state index contributed by atoms with van der Waals surface area (Å²) in [5.74, 6) is 1.11. The standard InChI is InChI=1S/C24H28N2O2/c1-18(27)25-20-14-15-26(17-20)23-12-7-13-24-22(23)16-21(28-24)11-6-5-10-19-8-3-2-4-9-19/h2-4,7-9,12-13,16,20H,5-6,10-11,14-15,17H2,1H3,(H,25,27)/t20-/m0/s1. The SMILES string of the molecule is CC(=O)N[C@H]1CCN(c2cccc3oc(CCCCc4ccccc4)cc23)C1. The molecule has 1 amide bonds. The van der Waals surface area contributed by atoms with Crippen molar-refractivity contribution in [3.63, 3.8) is 0 Å². The molecule has 3 aromatic rings. The van der Waals surface area contributed by atoms with Gasteiger partial charge in [-0.25, -0.2) is 0 Å². The van der Waals surface area contributed by atoms with Gasteiger partial charge in [-0.05, 0) is 49.4 Å². The Balaban J connectivity index is 1.39. The minimum absolute atomic E-state index is 0.0474. The summed E-state index contributed by atoms with van der Waals surface area (Å²) in [6, 6.07) is 19.4. The van der Waals surface area contributed by atoms with Crippen LogP contribution in [0.15, 0.2) is 59.0 Å². The fourth-order valence-corrected chi connectivity index (χ4v) is 4.15. The molecule has 0 unspecified atom stereocenters. The summed E-state index contributed by atoms with van der Waals surface area (Å²) in [5.41, 5.74) is 3.57. The first-order valence-corrected chi connectivity index (χ1v) is 10.3. The second-order valence-electron chi connectivity index (χ2n) is 7.73. The second kappa shape index (κ2) is 8.51. The van der Waals surface area contributed by atoms with Gasteiger partial charge in [0.1, 0.15) is 11.3 Å². The highest BCUT2D eigenvalue weighted by Crippen LogP contribution is 2.32. The maximum Gasteiger partial charge on any atom is 0.217 e. The van der Waals surface area contributed by atoms with E-state index >= 15 is 0 Å². The number of nitrogens with zero attached hydrogens (tertiary/aromatic N) is 1. The highest BCUT2D eigenvalue weighted by molar-refractivity contribution is 5.91. The number of furan rings is 1. The van der Waals surface area contributed by atoms with Gasteiger partial charge in [-0.3, -0.25) is 4.79 Å². The van der Waals surface area contributed by atoms with Crippen molar-refractivity contribution in [1.29, 1.82) is 0 Å². The summed E-state index contributed by atoms with van der Waals surface area (Å²) in [4.78, 5) is 13.7. The number of hydrogen-bond acceptors (Lipinski definition) is 3. The molecule has 1 aromatic heterocycles. The molecule has 1 saturated heterocycles. The third kappa shape index (κ3) is 4.38. The van der Waals surface area contributed by atoms with Gasteiger partial charge in [0.2, 0.25) is 5.91 Å². The summed E-state index contributed by atoms with van der Waals surface area (Å²) in [7, 11) is 0. The molecule has 0 aliphatic carbocycles. The Morgan fingerprint density at radius 3 is 2.75 bits per heavy atom. The summed E-state index contributed by atoms with van der Waals surface area (Å²) in [6.07, 6.45) is 5.36. The summed E-state index contributed by atoms with van der Waals surface area (Å²) < 4.78 is 6.12. The van der Waals surface area contributed by atoms with Crippen molar-refractivity contribution < 1.29 is 9.21 Å². The van der Waals surface area contributed by atoms with Gasteiger partial charge in [0.15, 0.2) is 0 Å².